The SMILES string of the molecule is CNC(=O)C1CN(Cc2cc(C)c(OCc3ccc(OC(C)C)cc3)c(C)c2)C1. The minimum absolute atomic E-state index is 0.127. The molecule has 0 aromatic heterocycles. The molecule has 3 rings (SSSR count). The molecule has 1 N–H and O–H groups in total. The van der Waals surface area contributed by atoms with Crippen LogP contribution in [0.5, 0.6) is 11.5 Å². The van der Waals surface area contributed by atoms with Gasteiger partial charge in [-0.1, -0.05) is 24.3 Å². The van der Waals surface area contributed by atoms with Gasteiger partial charge >= 0.3 is 0 Å². The minimum Gasteiger partial charge on any atom is -0.491 e. The van der Waals surface area contributed by atoms with Gasteiger partial charge in [0.15, 0.2) is 0 Å². The van der Waals surface area contributed by atoms with Crippen LogP contribution < -0.4 is 14.8 Å². The lowest BCUT2D eigenvalue weighted by atomic mass is 9.97. The second kappa shape index (κ2) is 9.31. The van der Waals surface area contributed by atoms with Gasteiger partial charge in [-0.05, 0) is 62.1 Å². The zero-order chi connectivity index (χ0) is 21.0. The van der Waals surface area contributed by atoms with E-state index in [0.717, 1.165) is 47.8 Å². The molecule has 0 radical (unpaired) electrons. The van der Waals surface area contributed by atoms with Crippen molar-refractivity contribution in [1.82, 2.24) is 10.2 Å². The predicted molar refractivity (Wildman–Crippen MR) is 115 cm³/mol. The van der Waals surface area contributed by atoms with Crippen LogP contribution in [0.15, 0.2) is 36.4 Å². The molecule has 5 nitrogen and oxygen atoms in total. The van der Waals surface area contributed by atoms with Gasteiger partial charge in [-0.2, -0.15) is 0 Å². The lowest BCUT2D eigenvalue weighted by molar-refractivity contribution is -0.129. The van der Waals surface area contributed by atoms with E-state index in [1.54, 1.807) is 7.05 Å². The summed E-state index contributed by atoms with van der Waals surface area (Å²) in [7, 11) is 1.70. The molecular weight excluding hydrogens is 364 g/mol. The Morgan fingerprint density at radius 3 is 2.28 bits per heavy atom. The highest BCUT2D eigenvalue weighted by Crippen LogP contribution is 2.28. The quantitative estimate of drug-likeness (QED) is 0.736. The number of amides is 1. The Kier molecular flexibility index (Phi) is 6.80. The monoisotopic (exact) mass is 396 g/mol. The van der Waals surface area contributed by atoms with Crippen molar-refractivity contribution in [2.75, 3.05) is 20.1 Å². The number of likely N-dealkylation sites (tertiary alicyclic amines) is 1. The summed E-state index contributed by atoms with van der Waals surface area (Å²) in [4.78, 5) is 13.9. The van der Waals surface area contributed by atoms with Crippen LogP contribution >= 0.6 is 0 Å². The predicted octanol–water partition coefficient (Wildman–Crippen LogP) is 3.85. The normalized spacial score (nSPS) is 14.6. The van der Waals surface area contributed by atoms with Crippen LogP contribution in [-0.4, -0.2) is 37.0 Å². The molecule has 2 aromatic rings. The minimum atomic E-state index is 0.127. The molecule has 0 spiro atoms. The molecule has 0 aliphatic carbocycles. The molecule has 1 heterocycles. The summed E-state index contributed by atoms with van der Waals surface area (Å²) in [5.41, 5.74) is 4.66. The number of carbonyl (C=O) groups excluding carboxylic acids is 1. The van der Waals surface area contributed by atoms with Crippen molar-refractivity contribution >= 4 is 5.91 Å². The summed E-state index contributed by atoms with van der Waals surface area (Å²) in [5.74, 6) is 2.09. The molecule has 5 heteroatoms. The average molecular weight is 397 g/mol. The van der Waals surface area contributed by atoms with Gasteiger partial charge in [0.05, 0.1) is 12.0 Å². The highest BCUT2D eigenvalue weighted by molar-refractivity contribution is 5.79. The average Bonchev–Trinajstić information content (AvgIpc) is 2.64. The van der Waals surface area contributed by atoms with Gasteiger partial charge in [-0.3, -0.25) is 9.69 Å². The molecule has 0 unspecified atom stereocenters. The summed E-state index contributed by atoms with van der Waals surface area (Å²) in [6.45, 7) is 11.3. The third-order valence-electron chi connectivity index (χ3n) is 5.18. The lowest BCUT2D eigenvalue weighted by Crippen LogP contribution is -2.52. The van der Waals surface area contributed by atoms with Gasteiger partial charge in [-0.25, -0.2) is 0 Å². The van der Waals surface area contributed by atoms with E-state index in [0.29, 0.717) is 6.61 Å². The topological polar surface area (TPSA) is 50.8 Å². The molecule has 1 aliphatic heterocycles. The first-order chi connectivity index (χ1) is 13.9. The largest absolute Gasteiger partial charge is 0.491 e. The van der Waals surface area contributed by atoms with Gasteiger partial charge in [0, 0.05) is 26.7 Å². The number of carbonyl (C=O) groups is 1. The number of hydrogen-bond donors (Lipinski definition) is 1. The fourth-order valence-electron chi connectivity index (χ4n) is 3.78. The molecule has 1 aliphatic rings. The molecule has 0 atom stereocenters. The van der Waals surface area contributed by atoms with Crippen molar-refractivity contribution in [2.24, 2.45) is 5.92 Å². The lowest BCUT2D eigenvalue weighted by Gasteiger charge is -2.38. The van der Waals surface area contributed by atoms with E-state index in [2.05, 4.69) is 36.2 Å². The van der Waals surface area contributed by atoms with E-state index < -0.39 is 0 Å². The summed E-state index contributed by atoms with van der Waals surface area (Å²) in [6, 6.07) is 12.4. The van der Waals surface area contributed by atoms with Crippen molar-refractivity contribution in [3.8, 4) is 11.5 Å². The number of hydrogen-bond acceptors (Lipinski definition) is 4. The van der Waals surface area contributed by atoms with Crippen LogP contribution in [0, 0.1) is 19.8 Å². The fourth-order valence-corrected chi connectivity index (χ4v) is 3.78. The van der Waals surface area contributed by atoms with Gasteiger partial charge in [-0.15, -0.1) is 0 Å². The van der Waals surface area contributed by atoms with Crippen LogP contribution in [0.1, 0.15) is 36.1 Å². The highest BCUT2D eigenvalue weighted by atomic mass is 16.5. The second-order valence-corrected chi connectivity index (χ2v) is 8.16. The first kappa shape index (κ1) is 21.2. The van der Waals surface area contributed by atoms with Crippen LogP contribution in [0.4, 0.5) is 0 Å². The van der Waals surface area contributed by atoms with Crippen molar-refractivity contribution < 1.29 is 14.3 Å². The van der Waals surface area contributed by atoms with E-state index in [-0.39, 0.29) is 17.9 Å². The number of ether oxygens (including phenoxy) is 2. The van der Waals surface area contributed by atoms with Crippen LogP contribution in [0.3, 0.4) is 0 Å². The van der Waals surface area contributed by atoms with E-state index in [4.69, 9.17) is 9.47 Å². The van der Waals surface area contributed by atoms with E-state index >= 15 is 0 Å². The van der Waals surface area contributed by atoms with Gasteiger partial charge < -0.3 is 14.8 Å². The molecule has 156 valence electrons. The maximum Gasteiger partial charge on any atom is 0.225 e. The summed E-state index contributed by atoms with van der Waals surface area (Å²) in [5, 5.41) is 2.73. The van der Waals surface area contributed by atoms with Gasteiger partial charge in [0.25, 0.3) is 0 Å². The Labute approximate surface area is 174 Å². The van der Waals surface area contributed by atoms with Crippen molar-refractivity contribution in [2.45, 2.75) is 47.0 Å². The molecule has 1 fully saturated rings. The van der Waals surface area contributed by atoms with Crippen LogP contribution in [0.25, 0.3) is 0 Å². The Bertz CT molecular complexity index is 817. The number of nitrogens with one attached hydrogen (secondary N) is 1. The first-order valence-electron chi connectivity index (χ1n) is 10.3. The zero-order valence-electron chi connectivity index (χ0n) is 18.1. The molecule has 1 amide bonds. The van der Waals surface area contributed by atoms with E-state index in [1.807, 2.05) is 38.1 Å². The smallest absolute Gasteiger partial charge is 0.225 e. The molecule has 0 bridgehead atoms. The zero-order valence-corrected chi connectivity index (χ0v) is 18.1. The van der Waals surface area contributed by atoms with Crippen molar-refractivity contribution in [3.05, 3.63) is 58.7 Å². The number of rotatable bonds is 8. The summed E-state index contributed by atoms with van der Waals surface area (Å²) >= 11 is 0. The van der Waals surface area contributed by atoms with Gasteiger partial charge in [0.2, 0.25) is 5.91 Å². The number of benzene rings is 2. The second-order valence-electron chi connectivity index (χ2n) is 8.16. The van der Waals surface area contributed by atoms with E-state index in [9.17, 15) is 4.79 Å². The Balaban J connectivity index is 1.56. The third-order valence-corrected chi connectivity index (χ3v) is 5.18. The van der Waals surface area contributed by atoms with E-state index in [1.165, 1.54) is 5.56 Å². The maximum atomic E-state index is 11.6. The molecule has 0 saturated carbocycles. The Hall–Kier alpha value is -2.53. The molecule has 1 saturated heterocycles. The third kappa shape index (κ3) is 5.51. The van der Waals surface area contributed by atoms with Crippen molar-refractivity contribution in [3.63, 3.8) is 0 Å². The summed E-state index contributed by atoms with van der Waals surface area (Å²) in [6.07, 6.45) is 0.173. The standard InChI is InChI=1S/C24H32N2O3/c1-16(2)29-22-8-6-19(7-9-22)15-28-23-17(3)10-20(11-18(23)4)12-26-13-21(14-26)24(27)25-5/h6-11,16,21H,12-15H2,1-5H3,(H,25,27). The number of aryl methyl sites for hydroxylation is 2. The Morgan fingerprint density at radius 2 is 1.72 bits per heavy atom. The maximum absolute atomic E-state index is 11.6. The first-order valence-corrected chi connectivity index (χ1v) is 10.3. The van der Waals surface area contributed by atoms with Gasteiger partial charge in [0.1, 0.15) is 18.1 Å². The fraction of sp³-hybridized carbons (Fsp3) is 0.458. The van der Waals surface area contributed by atoms with Crippen LogP contribution in [-0.2, 0) is 17.9 Å². The molecule has 2 aromatic carbocycles. The van der Waals surface area contributed by atoms with Crippen LogP contribution in [0.2, 0.25) is 0 Å². The summed E-state index contributed by atoms with van der Waals surface area (Å²) < 4.78 is 11.8. The molecular formula is C24H32N2O3. The highest BCUT2D eigenvalue weighted by Gasteiger charge is 2.31. The Morgan fingerprint density at radius 1 is 1.10 bits per heavy atom. The molecule has 29 heavy (non-hydrogen) atoms. The van der Waals surface area contributed by atoms with Crippen molar-refractivity contribution in [1.29, 1.82) is 0 Å². The number of nitrogens with zero attached hydrogens (tertiary/aromatic N) is 1.